The van der Waals surface area contributed by atoms with Crippen LogP contribution in [0.1, 0.15) is 29.6 Å². The van der Waals surface area contributed by atoms with Gasteiger partial charge in [-0.25, -0.2) is 4.39 Å². The van der Waals surface area contributed by atoms with Crippen LogP contribution >= 0.6 is 0 Å². The average molecular weight is 265 g/mol. The first-order valence-electron chi connectivity index (χ1n) is 6.34. The van der Waals surface area contributed by atoms with Crippen LogP contribution in [0.3, 0.4) is 0 Å². The van der Waals surface area contributed by atoms with Crippen LogP contribution in [-0.2, 0) is 4.79 Å². The van der Waals surface area contributed by atoms with Gasteiger partial charge in [-0.05, 0) is 25.3 Å². The number of amides is 2. The van der Waals surface area contributed by atoms with E-state index < -0.39 is 11.7 Å². The van der Waals surface area contributed by atoms with Crippen molar-refractivity contribution >= 4 is 11.8 Å². The summed E-state index contributed by atoms with van der Waals surface area (Å²) in [5.41, 5.74) is -0.0959. The summed E-state index contributed by atoms with van der Waals surface area (Å²) >= 11 is 0. The van der Waals surface area contributed by atoms with Crippen molar-refractivity contribution in [3.63, 3.8) is 0 Å². The molecule has 0 aromatic carbocycles. The molecule has 0 bridgehead atoms. The molecule has 0 aliphatic carbocycles. The highest BCUT2D eigenvalue weighted by Crippen LogP contribution is 2.08. The molecular formula is C13H16FN3O2. The average Bonchev–Trinajstić information content (AvgIpc) is 2.46. The largest absolute Gasteiger partial charge is 0.343 e. The number of aromatic nitrogens is 1. The van der Waals surface area contributed by atoms with Crippen molar-refractivity contribution in [3.05, 3.63) is 29.8 Å². The van der Waals surface area contributed by atoms with E-state index in [1.165, 1.54) is 12.3 Å². The number of hydrogen-bond donors (Lipinski definition) is 1. The van der Waals surface area contributed by atoms with Gasteiger partial charge in [0, 0.05) is 19.3 Å². The summed E-state index contributed by atoms with van der Waals surface area (Å²) in [6.07, 6.45) is 5.45. The van der Waals surface area contributed by atoms with Crippen molar-refractivity contribution in [2.75, 3.05) is 19.6 Å². The Morgan fingerprint density at radius 2 is 2.05 bits per heavy atom. The van der Waals surface area contributed by atoms with Crippen molar-refractivity contribution in [3.8, 4) is 0 Å². The van der Waals surface area contributed by atoms with Gasteiger partial charge in [0.05, 0.1) is 18.3 Å². The van der Waals surface area contributed by atoms with Gasteiger partial charge < -0.3 is 10.2 Å². The Kier molecular flexibility index (Phi) is 4.43. The zero-order chi connectivity index (χ0) is 13.7. The number of halogens is 1. The monoisotopic (exact) mass is 265 g/mol. The SMILES string of the molecule is O=C(NCC(=O)N1CCCCC1)c1ccncc1F. The molecule has 19 heavy (non-hydrogen) atoms. The van der Waals surface area contributed by atoms with Crippen LogP contribution in [-0.4, -0.2) is 41.3 Å². The number of nitrogens with zero attached hydrogens (tertiary/aromatic N) is 2. The standard InChI is InChI=1S/C13H16FN3O2/c14-11-8-15-5-4-10(11)13(19)16-9-12(18)17-6-2-1-3-7-17/h4-5,8H,1-3,6-7,9H2,(H,16,19). The normalized spacial score (nSPS) is 15.1. The van der Waals surface area contributed by atoms with Gasteiger partial charge in [-0.1, -0.05) is 0 Å². The van der Waals surface area contributed by atoms with E-state index >= 15 is 0 Å². The summed E-state index contributed by atoms with van der Waals surface area (Å²) in [5, 5.41) is 2.44. The Balaban J connectivity index is 1.86. The molecule has 1 fully saturated rings. The van der Waals surface area contributed by atoms with E-state index in [1.54, 1.807) is 4.90 Å². The van der Waals surface area contributed by atoms with Crippen LogP contribution < -0.4 is 5.32 Å². The van der Waals surface area contributed by atoms with E-state index in [2.05, 4.69) is 10.3 Å². The Bertz CT molecular complexity index is 473. The predicted molar refractivity (Wildman–Crippen MR) is 67.0 cm³/mol. The lowest BCUT2D eigenvalue weighted by Gasteiger charge is -2.26. The van der Waals surface area contributed by atoms with E-state index in [9.17, 15) is 14.0 Å². The highest BCUT2D eigenvalue weighted by molar-refractivity contribution is 5.96. The van der Waals surface area contributed by atoms with Gasteiger partial charge in [0.1, 0.15) is 0 Å². The van der Waals surface area contributed by atoms with Crippen LogP contribution in [0.15, 0.2) is 18.5 Å². The predicted octanol–water partition coefficient (Wildman–Crippen LogP) is 0.963. The topological polar surface area (TPSA) is 62.3 Å². The van der Waals surface area contributed by atoms with Crippen LogP contribution in [0, 0.1) is 5.82 Å². The van der Waals surface area contributed by atoms with Gasteiger partial charge in [0.2, 0.25) is 5.91 Å². The molecule has 0 atom stereocenters. The fraction of sp³-hybridized carbons (Fsp3) is 0.462. The number of pyridine rings is 1. The van der Waals surface area contributed by atoms with E-state index in [0.717, 1.165) is 38.5 Å². The van der Waals surface area contributed by atoms with Gasteiger partial charge in [-0.2, -0.15) is 0 Å². The number of piperidine rings is 1. The summed E-state index contributed by atoms with van der Waals surface area (Å²) in [5.74, 6) is -1.40. The lowest BCUT2D eigenvalue weighted by atomic mass is 10.1. The summed E-state index contributed by atoms with van der Waals surface area (Å²) < 4.78 is 13.3. The second kappa shape index (κ2) is 6.26. The second-order valence-corrected chi connectivity index (χ2v) is 4.48. The maximum absolute atomic E-state index is 13.3. The summed E-state index contributed by atoms with van der Waals surface area (Å²) in [4.78, 5) is 28.8. The maximum atomic E-state index is 13.3. The molecule has 2 amide bonds. The first-order chi connectivity index (χ1) is 9.18. The van der Waals surface area contributed by atoms with E-state index in [0.29, 0.717) is 0 Å². The van der Waals surface area contributed by atoms with Gasteiger partial charge >= 0.3 is 0 Å². The minimum absolute atomic E-state index is 0.0959. The van der Waals surface area contributed by atoms with E-state index in [1.807, 2.05) is 0 Å². The number of likely N-dealkylation sites (tertiary alicyclic amines) is 1. The van der Waals surface area contributed by atoms with E-state index in [4.69, 9.17) is 0 Å². The molecule has 0 radical (unpaired) electrons. The van der Waals surface area contributed by atoms with Crippen molar-refractivity contribution in [1.82, 2.24) is 15.2 Å². The molecule has 2 heterocycles. The number of rotatable bonds is 3. The van der Waals surface area contributed by atoms with Crippen molar-refractivity contribution in [1.29, 1.82) is 0 Å². The molecule has 1 aliphatic rings. The van der Waals surface area contributed by atoms with Crippen molar-refractivity contribution in [2.24, 2.45) is 0 Å². The van der Waals surface area contributed by atoms with E-state index in [-0.39, 0.29) is 18.0 Å². The molecule has 1 N–H and O–H groups in total. The first kappa shape index (κ1) is 13.5. The molecule has 6 heteroatoms. The third-order valence-corrected chi connectivity index (χ3v) is 3.13. The Labute approximate surface area is 110 Å². The third-order valence-electron chi connectivity index (χ3n) is 3.13. The summed E-state index contributed by atoms with van der Waals surface area (Å²) in [6.45, 7) is 1.37. The molecule has 1 saturated heterocycles. The first-order valence-corrected chi connectivity index (χ1v) is 6.34. The van der Waals surface area contributed by atoms with Crippen LogP contribution in [0.4, 0.5) is 4.39 Å². The summed E-state index contributed by atoms with van der Waals surface area (Å²) in [6, 6.07) is 1.29. The molecule has 0 saturated carbocycles. The van der Waals surface area contributed by atoms with Gasteiger partial charge in [-0.3, -0.25) is 14.6 Å². The smallest absolute Gasteiger partial charge is 0.254 e. The van der Waals surface area contributed by atoms with Crippen molar-refractivity contribution < 1.29 is 14.0 Å². The number of carbonyl (C=O) groups is 2. The fourth-order valence-corrected chi connectivity index (χ4v) is 2.07. The summed E-state index contributed by atoms with van der Waals surface area (Å²) in [7, 11) is 0. The zero-order valence-corrected chi connectivity index (χ0v) is 10.6. The lowest BCUT2D eigenvalue weighted by molar-refractivity contribution is -0.130. The van der Waals surface area contributed by atoms with Crippen LogP contribution in [0.2, 0.25) is 0 Å². The highest BCUT2D eigenvalue weighted by Gasteiger charge is 2.18. The molecule has 1 aromatic heterocycles. The minimum atomic E-state index is -0.689. The molecule has 1 aliphatic heterocycles. The highest BCUT2D eigenvalue weighted by atomic mass is 19.1. The number of carbonyl (C=O) groups excluding carboxylic acids is 2. The number of nitrogens with one attached hydrogen (secondary N) is 1. The fourth-order valence-electron chi connectivity index (χ4n) is 2.07. The molecule has 2 rings (SSSR count). The molecule has 1 aromatic rings. The Hall–Kier alpha value is -1.98. The second-order valence-electron chi connectivity index (χ2n) is 4.48. The Morgan fingerprint density at radius 1 is 1.32 bits per heavy atom. The van der Waals surface area contributed by atoms with Crippen LogP contribution in [0.5, 0.6) is 0 Å². The lowest BCUT2D eigenvalue weighted by Crippen LogP contribution is -2.42. The third kappa shape index (κ3) is 3.49. The molecule has 5 nitrogen and oxygen atoms in total. The zero-order valence-electron chi connectivity index (χ0n) is 10.6. The van der Waals surface area contributed by atoms with Crippen LogP contribution in [0.25, 0.3) is 0 Å². The molecule has 0 spiro atoms. The van der Waals surface area contributed by atoms with Crippen molar-refractivity contribution in [2.45, 2.75) is 19.3 Å². The quantitative estimate of drug-likeness (QED) is 0.885. The van der Waals surface area contributed by atoms with Gasteiger partial charge in [0.15, 0.2) is 5.82 Å². The minimum Gasteiger partial charge on any atom is -0.343 e. The molecule has 0 unspecified atom stereocenters. The van der Waals surface area contributed by atoms with Gasteiger partial charge in [-0.15, -0.1) is 0 Å². The molecule has 102 valence electrons. The Morgan fingerprint density at radius 3 is 2.74 bits per heavy atom. The maximum Gasteiger partial charge on any atom is 0.254 e. The van der Waals surface area contributed by atoms with Gasteiger partial charge in [0.25, 0.3) is 5.91 Å². The molecular weight excluding hydrogens is 249 g/mol. The number of hydrogen-bond acceptors (Lipinski definition) is 3.